The molecule has 0 atom stereocenters. The van der Waals surface area contributed by atoms with E-state index in [1.54, 1.807) is 24.3 Å². The van der Waals surface area contributed by atoms with E-state index in [9.17, 15) is 4.79 Å². The molecule has 4 nitrogen and oxygen atoms in total. The van der Waals surface area contributed by atoms with Crippen molar-refractivity contribution in [3.8, 4) is 5.75 Å². The Morgan fingerprint density at radius 1 is 1.32 bits per heavy atom. The normalized spacial score (nSPS) is 10.1. The van der Waals surface area contributed by atoms with Crippen LogP contribution in [0.25, 0.3) is 0 Å². The Hall–Kier alpha value is -2.07. The Kier molecular flexibility index (Phi) is 4.02. The van der Waals surface area contributed by atoms with Crippen molar-refractivity contribution in [2.75, 3.05) is 12.4 Å². The minimum absolute atomic E-state index is 0.282. The fourth-order valence-electron chi connectivity index (χ4n) is 1.66. The van der Waals surface area contributed by atoms with Crippen LogP contribution in [0.5, 0.6) is 5.75 Å². The molecule has 1 aromatic carbocycles. The number of carbonyl (C=O) groups excluding carboxylic acids is 1. The molecule has 0 unspecified atom stereocenters. The zero-order chi connectivity index (χ0) is 13.8. The summed E-state index contributed by atoms with van der Waals surface area (Å²) in [5, 5.41) is 3.20. The fraction of sp³-hybridized carbons (Fsp3) is 0.143. The van der Waals surface area contributed by atoms with Crippen molar-refractivity contribution in [3.63, 3.8) is 0 Å². The first kappa shape index (κ1) is 13.4. The van der Waals surface area contributed by atoms with Crippen LogP contribution in [0.2, 0.25) is 5.02 Å². The fourth-order valence-corrected chi connectivity index (χ4v) is 1.82. The van der Waals surface area contributed by atoms with Gasteiger partial charge < -0.3 is 10.1 Å². The van der Waals surface area contributed by atoms with E-state index in [2.05, 4.69) is 10.3 Å². The summed E-state index contributed by atoms with van der Waals surface area (Å²) >= 11 is 5.84. The molecule has 19 heavy (non-hydrogen) atoms. The molecule has 2 rings (SSSR count). The number of aromatic nitrogens is 1. The largest absolute Gasteiger partial charge is 0.496 e. The average molecular weight is 277 g/mol. The van der Waals surface area contributed by atoms with Gasteiger partial charge in [-0.05, 0) is 31.2 Å². The molecule has 0 spiro atoms. The maximum absolute atomic E-state index is 12.2. The molecule has 2 aromatic rings. The molecule has 0 saturated carbocycles. The number of anilines is 1. The number of rotatable bonds is 3. The van der Waals surface area contributed by atoms with E-state index in [1.807, 2.05) is 13.0 Å². The number of ether oxygens (including phenoxy) is 1. The van der Waals surface area contributed by atoms with Crippen molar-refractivity contribution in [1.29, 1.82) is 0 Å². The van der Waals surface area contributed by atoms with Crippen LogP contribution in [0, 0.1) is 6.92 Å². The Balaban J connectivity index is 2.27. The molecule has 5 heteroatoms. The van der Waals surface area contributed by atoms with Gasteiger partial charge in [0.05, 0.1) is 12.7 Å². The number of nitrogens with one attached hydrogen (secondary N) is 1. The third-order valence-corrected chi connectivity index (χ3v) is 2.80. The van der Waals surface area contributed by atoms with Crippen LogP contribution in [0.3, 0.4) is 0 Å². The first-order chi connectivity index (χ1) is 9.10. The summed E-state index contributed by atoms with van der Waals surface area (Å²) in [6.45, 7) is 1.91. The van der Waals surface area contributed by atoms with Crippen LogP contribution >= 0.6 is 11.6 Å². The monoisotopic (exact) mass is 276 g/mol. The van der Waals surface area contributed by atoms with Crippen molar-refractivity contribution >= 4 is 23.3 Å². The molecule has 1 heterocycles. The number of amides is 1. The summed E-state index contributed by atoms with van der Waals surface area (Å²) in [6, 6.07) is 8.63. The third kappa shape index (κ3) is 3.23. The van der Waals surface area contributed by atoms with Crippen LogP contribution < -0.4 is 10.1 Å². The lowest BCUT2D eigenvalue weighted by atomic mass is 10.1. The highest BCUT2D eigenvalue weighted by atomic mass is 35.5. The minimum atomic E-state index is -0.282. The van der Waals surface area contributed by atoms with Crippen LogP contribution in [0.1, 0.15) is 15.9 Å². The Labute approximate surface area is 116 Å². The topological polar surface area (TPSA) is 51.2 Å². The quantitative estimate of drug-likeness (QED) is 0.936. The van der Waals surface area contributed by atoms with E-state index in [0.29, 0.717) is 22.2 Å². The van der Waals surface area contributed by atoms with Crippen LogP contribution in [0.4, 0.5) is 5.82 Å². The number of pyridine rings is 1. The van der Waals surface area contributed by atoms with Gasteiger partial charge in [0.15, 0.2) is 0 Å². The summed E-state index contributed by atoms with van der Waals surface area (Å²) in [5.41, 5.74) is 1.44. The van der Waals surface area contributed by atoms with Gasteiger partial charge in [0.25, 0.3) is 5.91 Å². The van der Waals surface area contributed by atoms with Gasteiger partial charge >= 0.3 is 0 Å². The van der Waals surface area contributed by atoms with E-state index in [1.165, 1.54) is 13.3 Å². The molecule has 0 aliphatic carbocycles. The minimum Gasteiger partial charge on any atom is -0.496 e. The number of carbonyl (C=O) groups is 1. The van der Waals surface area contributed by atoms with Crippen molar-refractivity contribution in [1.82, 2.24) is 4.98 Å². The van der Waals surface area contributed by atoms with Gasteiger partial charge in [0.2, 0.25) is 0 Å². The van der Waals surface area contributed by atoms with Crippen molar-refractivity contribution in [3.05, 3.63) is 52.7 Å². The summed E-state index contributed by atoms with van der Waals surface area (Å²) in [4.78, 5) is 16.2. The molecule has 1 amide bonds. The first-order valence-electron chi connectivity index (χ1n) is 5.67. The van der Waals surface area contributed by atoms with Crippen LogP contribution in [-0.2, 0) is 0 Å². The van der Waals surface area contributed by atoms with E-state index in [4.69, 9.17) is 16.3 Å². The maximum Gasteiger partial charge on any atom is 0.260 e. The van der Waals surface area contributed by atoms with Crippen molar-refractivity contribution in [2.24, 2.45) is 0 Å². The number of hydrogen-bond donors (Lipinski definition) is 1. The van der Waals surface area contributed by atoms with Gasteiger partial charge in [-0.1, -0.05) is 23.2 Å². The van der Waals surface area contributed by atoms with E-state index < -0.39 is 0 Å². The second kappa shape index (κ2) is 5.71. The van der Waals surface area contributed by atoms with Gasteiger partial charge in [0.1, 0.15) is 11.6 Å². The number of hydrogen-bond acceptors (Lipinski definition) is 3. The number of halogens is 1. The highest BCUT2D eigenvalue weighted by molar-refractivity contribution is 6.30. The van der Waals surface area contributed by atoms with Gasteiger partial charge in [-0.2, -0.15) is 0 Å². The maximum atomic E-state index is 12.2. The summed E-state index contributed by atoms with van der Waals surface area (Å²) in [6.07, 6.45) is 1.53. The molecule has 0 fully saturated rings. The number of aryl methyl sites for hydroxylation is 1. The molecule has 98 valence electrons. The van der Waals surface area contributed by atoms with Gasteiger partial charge in [0, 0.05) is 11.2 Å². The predicted molar refractivity (Wildman–Crippen MR) is 74.9 cm³/mol. The lowest BCUT2D eigenvalue weighted by molar-refractivity contribution is 0.102. The molecule has 0 aliphatic rings. The van der Waals surface area contributed by atoms with E-state index in [0.717, 1.165) is 5.56 Å². The molecule has 1 N–H and O–H groups in total. The highest BCUT2D eigenvalue weighted by Gasteiger charge is 2.13. The second-order valence-corrected chi connectivity index (χ2v) is 4.45. The summed E-state index contributed by atoms with van der Waals surface area (Å²) in [5.74, 6) is 0.640. The molecular formula is C14H13ClN2O2. The highest BCUT2D eigenvalue weighted by Crippen LogP contribution is 2.21. The summed E-state index contributed by atoms with van der Waals surface area (Å²) < 4.78 is 5.18. The molecule has 0 saturated heterocycles. The first-order valence-corrected chi connectivity index (χ1v) is 6.05. The van der Waals surface area contributed by atoms with Crippen LogP contribution in [0.15, 0.2) is 36.5 Å². The van der Waals surface area contributed by atoms with E-state index in [-0.39, 0.29) is 5.91 Å². The SMILES string of the molecule is COc1ccc(C)cc1C(=O)Nc1cc(Cl)ccn1. The van der Waals surface area contributed by atoms with Gasteiger partial charge in [-0.15, -0.1) is 0 Å². The lowest BCUT2D eigenvalue weighted by Gasteiger charge is -2.09. The Morgan fingerprint density at radius 2 is 2.11 bits per heavy atom. The second-order valence-electron chi connectivity index (χ2n) is 4.02. The van der Waals surface area contributed by atoms with E-state index >= 15 is 0 Å². The third-order valence-electron chi connectivity index (χ3n) is 2.56. The van der Waals surface area contributed by atoms with Gasteiger partial charge in [-0.25, -0.2) is 4.98 Å². The number of nitrogens with zero attached hydrogens (tertiary/aromatic N) is 1. The Morgan fingerprint density at radius 3 is 2.79 bits per heavy atom. The molecular weight excluding hydrogens is 264 g/mol. The zero-order valence-electron chi connectivity index (χ0n) is 10.6. The van der Waals surface area contributed by atoms with Crippen molar-refractivity contribution in [2.45, 2.75) is 6.92 Å². The molecule has 0 radical (unpaired) electrons. The zero-order valence-corrected chi connectivity index (χ0v) is 11.4. The number of methoxy groups -OCH3 is 1. The Bertz CT molecular complexity index is 614. The standard InChI is InChI=1S/C14H13ClN2O2/c1-9-3-4-12(19-2)11(7-9)14(18)17-13-8-10(15)5-6-16-13/h3-8H,1-2H3,(H,16,17,18). The van der Waals surface area contributed by atoms with Crippen LogP contribution in [-0.4, -0.2) is 18.0 Å². The molecule has 0 bridgehead atoms. The lowest BCUT2D eigenvalue weighted by Crippen LogP contribution is -2.14. The number of benzene rings is 1. The summed E-state index contributed by atoms with van der Waals surface area (Å²) in [7, 11) is 1.53. The average Bonchev–Trinajstić information content (AvgIpc) is 2.38. The van der Waals surface area contributed by atoms with Gasteiger partial charge in [-0.3, -0.25) is 4.79 Å². The predicted octanol–water partition coefficient (Wildman–Crippen LogP) is 3.30. The van der Waals surface area contributed by atoms with Crippen molar-refractivity contribution < 1.29 is 9.53 Å². The molecule has 0 aliphatic heterocycles. The molecule has 1 aromatic heterocycles. The smallest absolute Gasteiger partial charge is 0.260 e.